The topological polar surface area (TPSA) is 26.3 Å². The quantitative estimate of drug-likeness (QED) is 0.707. The van der Waals surface area contributed by atoms with Crippen molar-refractivity contribution in [3.05, 3.63) is 35.4 Å². The lowest BCUT2D eigenvalue weighted by molar-refractivity contribution is -0.113. The zero-order valence-electron chi connectivity index (χ0n) is 10.1. The van der Waals surface area contributed by atoms with Crippen LogP contribution in [0.5, 0.6) is 5.75 Å². The van der Waals surface area contributed by atoms with E-state index in [-0.39, 0.29) is 5.78 Å². The number of ether oxygens (including phenoxy) is 1. The van der Waals surface area contributed by atoms with E-state index in [0.717, 1.165) is 29.7 Å². The molecule has 0 aliphatic carbocycles. The van der Waals surface area contributed by atoms with Gasteiger partial charge in [-0.25, -0.2) is 0 Å². The van der Waals surface area contributed by atoms with Crippen molar-refractivity contribution in [2.24, 2.45) is 0 Å². The number of benzene rings is 1. The van der Waals surface area contributed by atoms with Crippen LogP contribution in [0.1, 0.15) is 32.3 Å². The molecule has 0 bridgehead atoms. The molecule has 1 aromatic carbocycles. The fourth-order valence-electron chi connectivity index (χ4n) is 1.52. The van der Waals surface area contributed by atoms with Gasteiger partial charge < -0.3 is 4.74 Å². The van der Waals surface area contributed by atoms with Gasteiger partial charge in [0.25, 0.3) is 0 Å². The van der Waals surface area contributed by atoms with E-state index in [1.807, 2.05) is 30.3 Å². The highest BCUT2D eigenvalue weighted by Gasteiger charge is 2.02. The zero-order chi connectivity index (χ0) is 12.0. The van der Waals surface area contributed by atoms with Gasteiger partial charge in [-0.2, -0.15) is 0 Å². The first kappa shape index (κ1) is 12.5. The van der Waals surface area contributed by atoms with E-state index in [4.69, 9.17) is 4.74 Å². The van der Waals surface area contributed by atoms with E-state index >= 15 is 0 Å². The summed E-state index contributed by atoms with van der Waals surface area (Å²) in [6.07, 6.45) is 3.77. The fourth-order valence-corrected chi connectivity index (χ4v) is 1.52. The lowest BCUT2D eigenvalue weighted by Gasteiger charge is -2.03. The van der Waals surface area contributed by atoms with Crippen LogP contribution in [-0.4, -0.2) is 12.9 Å². The van der Waals surface area contributed by atoms with Gasteiger partial charge in [0, 0.05) is 0 Å². The number of rotatable bonds is 5. The van der Waals surface area contributed by atoms with E-state index in [1.54, 1.807) is 14.0 Å². The number of methoxy groups -OCH3 is 1. The summed E-state index contributed by atoms with van der Waals surface area (Å²) in [6.45, 7) is 3.69. The Morgan fingerprint density at radius 3 is 2.38 bits per heavy atom. The van der Waals surface area contributed by atoms with Crippen LogP contribution < -0.4 is 4.74 Å². The number of carbonyl (C=O) groups is 1. The second-order valence-corrected chi connectivity index (χ2v) is 3.75. The van der Waals surface area contributed by atoms with Crippen molar-refractivity contribution >= 4 is 11.9 Å². The first-order valence-corrected chi connectivity index (χ1v) is 5.53. The molecule has 0 aromatic heterocycles. The van der Waals surface area contributed by atoms with Crippen molar-refractivity contribution in [3.63, 3.8) is 0 Å². The summed E-state index contributed by atoms with van der Waals surface area (Å²) in [6, 6.07) is 7.71. The monoisotopic (exact) mass is 218 g/mol. The van der Waals surface area contributed by atoms with E-state index < -0.39 is 0 Å². The number of allylic oxidation sites excluding steroid dienone is 1. The molecule has 0 fully saturated rings. The van der Waals surface area contributed by atoms with Gasteiger partial charge in [-0.15, -0.1) is 0 Å². The molecule has 0 atom stereocenters. The second-order valence-electron chi connectivity index (χ2n) is 3.75. The first-order chi connectivity index (χ1) is 7.67. The van der Waals surface area contributed by atoms with Gasteiger partial charge in [-0.3, -0.25) is 4.79 Å². The van der Waals surface area contributed by atoms with Crippen molar-refractivity contribution in [3.8, 4) is 5.75 Å². The number of ketones is 1. The first-order valence-electron chi connectivity index (χ1n) is 5.53. The van der Waals surface area contributed by atoms with Gasteiger partial charge in [0.1, 0.15) is 5.75 Å². The molecule has 2 nitrogen and oxygen atoms in total. The van der Waals surface area contributed by atoms with E-state index in [0.29, 0.717) is 0 Å². The standard InChI is InChI=1S/C14H18O2/c1-4-5-13(11(2)15)10-12-6-8-14(16-3)9-7-12/h6-10H,4-5H2,1-3H3. The minimum atomic E-state index is 0.151. The highest BCUT2D eigenvalue weighted by atomic mass is 16.5. The minimum Gasteiger partial charge on any atom is -0.497 e. The Bertz CT molecular complexity index is 374. The molecule has 2 heteroatoms. The maximum atomic E-state index is 11.4. The summed E-state index contributed by atoms with van der Waals surface area (Å²) < 4.78 is 5.08. The van der Waals surface area contributed by atoms with Crippen LogP contribution >= 0.6 is 0 Å². The Hall–Kier alpha value is -1.57. The molecule has 1 rings (SSSR count). The normalized spacial score (nSPS) is 11.3. The van der Waals surface area contributed by atoms with Crippen molar-refractivity contribution < 1.29 is 9.53 Å². The molecule has 0 N–H and O–H groups in total. The highest BCUT2D eigenvalue weighted by Crippen LogP contribution is 2.16. The molecular weight excluding hydrogens is 200 g/mol. The molecular formula is C14H18O2. The summed E-state index contributed by atoms with van der Waals surface area (Å²) in [5.74, 6) is 0.981. The largest absolute Gasteiger partial charge is 0.497 e. The Kier molecular flexibility index (Phi) is 4.77. The third kappa shape index (κ3) is 3.54. The second kappa shape index (κ2) is 6.11. The predicted octanol–water partition coefficient (Wildman–Crippen LogP) is 3.47. The molecule has 0 unspecified atom stereocenters. The van der Waals surface area contributed by atoms with Gasteiger partial charge in [-0.05, 0) is 42.7 Å². The summed E-state index contributed by atoms with van der Waals surface area (Å²) >= 11 is 0. The van der Waals surface area contributed by atoms with E-state index in [1.165, 1.54) is 0 Å². The Balaban J connectivity index is 2.89. The van der Waals surface area contributed by atoms with E-state index in [2.05, 4.69) is 6.92 Å². The Morgan fingerprint density at radius 2 is 1.94 bits per heavy atom. The predicted molar refractivity (Wildman–Crippen MR) is 66.6 cm³/mol. The number of hydrogen-bond donors (Lipinski definition) is 0. The van der Waals surface area contributed by atoms with Crippen LogP contribution in [-0.2, 0) is 4.79 Å². The van der Waals surface area contributed by atoms with Crippen LogP contribution in [0.4, 0.5) is 0 Å². The third-order valence-corrected chi connectivity index (χ3v) is 2.43. The molecule has 16 heavy (non-hydrogen) atoms. The zero-order valence-corrected chi connectivity index (χ0v) is 10.1. The number of carbonyl (C=O) groups excluding carboxylic acids is 1. The van der Waals surface area contributed by atoms with Crippen molar-refractivity contribution in [1.29, 1.82) is 0 Å². The molecule has 0 amide bonds. The van der Waals surface area contributed by atoms with Gasteiger partial charge in [0.05, 0.1) is 7.11 Å². The SMILES string of the molecule is CCCC(=Cc1ccc(OC)cc1)C(C)=O. The van der Waals surface area contributed by atoms with Crippen molar-refractivity contribution in [1.82, 2.24) is 0 Å². The summed E-state index contributed by atoms with van der Waals surface area (Å²) in [4.78, 5) is 11.4. The molecule has 0 heterocycles. The third-order valence-electron chi connectivity index (χ3n) is 2.43. The maximum Gasteiger partial charge on any atom is 0.155 e. The fraction of sp³-hybridized carbons (Fsp3) is 0.357. The smallest absolute Gasteiger partial charge is 0.155 e. The van der Waals surface area contributed by atoms with Crippen molar-refractivity contribution in [2.45, 2.75) is 26.7 Å². The molecule has 0 saturated carbocycles. The average Bonchev–Trinajstić information content (AvgIpc) is 2.29. The summed E-state index contributed by atoms with van der Waals surface area (Å²) in [5, 5.41) is 0. The average molecular weight is 218 g/mol. The Labute approximate surface area is 96.9 Å². The molecule has 1 aromatic rings. The molecule has 0 spiro atoms. The van der Waals surface area contributed by atoms with Gasteiger partial charge in [-0.1, -0.05) is 25.5 Å². The molecule has 0 aliphatic rings. The maximum absolute atomic E-state index is 11.4. The van der Waals surface area contributed by atoms with Crippen molar-refractivity contribution in [2.75, 3.05) is 7.11 Å². The van der Waals surface area contributed by atoms with Gasteiger partial charge >= 0.3 is 0 Å². The van der Waals surface area contributed by atoms with Crippen LogP contribution in [0, 0.1) is 0 Å². The summed E-state index contributed by atoms with van der Waals surface area (Å²) in [7, 11) is 1.64. The van der Waals surface area contributed by atoms with Crippen LogP contribution in [0.2, 0.25) is 0 Å². The lowest BCUT2D eigenvalue weighted by atomic mass is 10.0. The van der Waals surface area contributed by atoms with Crippen LogP contribution in [0.3, 0.4) is 0 Å². The molecule has 0 radical (unpaired) electrons. The molecule has 86 valence electrons. The molecule has 0 saturated heterocycles. The van der Waals surface area contributed by atoms with E-state index in [9.17, 15) is 4.79 Å². The van der Waals surface area contributed by atoms with Crippen LogP contribution in [0.15, 0.2) is 29.8 Å². The summed E-state index contributed by atoms with van der Waals surface area (Å²) in [5.41, 5.74) is 1.92. The number of hydrogen-bond acceptors (Lipinski definition) is 2. The van der Waals surface area contributed by atoms with Gasteiger partial charge in [0.2, 0.25) is 0 Å². The lowest BCUT2D eigenvalue weighted by Crippen LogP contribution is -1.95. The van der Waals surface area contributed by atoms with Gasteiger partial charge in [0.15, 0.2) is 5.78 Å². The molecule has 0 aliphatic heterocycles. The number of Topliss-reactive ketones (excluding diaryl/α,β-unsaturated/α-hetero) is 1. The highest BCUT2D eigenvalue weighted by molar-refractivity contribution is 5.97. The Morgan fingerprint density at radius 1 is 1.31 bits per heavy atom. The minimum absolute atomic E-state index is 0.151. The van der Waals surface area contributed by atoms with Crippen LogP contribution in [0.25, 0.3) is 6.08 Å².